The van der Waals surface area contributed by atoms with E-state index >= 15 is 0 Å². The zero-order valence-corrected chi connectivity index (χ0v) is 13.7. The van der Waals surface area contributed by atoms with Gasteiger partial charge in [-0.3, -0.25) is 14.5 Å². The minimum Gasteiger partial charge on any atom is -0.283 e. The van der Waals surface area contributed by atoms with Crippen molar-refractivity contribution in [2.45, 2.75) is 25.2 Å². The molecule has 0 unspecified atom stereocenters. The molecule has 5 heteroatoms. The van der Waals surface area contributed by atoms with E-state index in [4.69, 9.17) is 0 Å². The highest BCUT2D eigenvalue weighted by molar-refractivity contribution is 5.97. The Bertz CT molecular complexity index is 888. The quantitative estimate of drug-likeness (QED) is 0.861. The third-order valence-corrected chi connectivity index (χ3v) is 4.67. The molecule has 1 saturated heterocycles. The third-order valence-electron chi connectivity index (χ3n) is 4.67. The molecule has 0 saturated carbocycles. The van der Waals surface area contributed by atoms with Gasteiger partial charge >= 0.3 is 0 Å². The molecule has 2 amide bonds. The molecule has 1 atom stereocenters. The van der Waals surface area contributed by atoms with Crippen LogP contribution in [0.2, 0.25) is 0 Å². The van der Waals surface area contributed by atoms with Gasteiger partial charge in [0.05, 0.1) is 12.1 Å². The second kappa shape index (κ2) is 7.15. The fourth-order valence-electron chi connectivity index (χ4n) is 3.40. The molecule has 0 aliphatic carbocycles. The first-order valence-corrected chi connectivity index (χ1v) is 8.25. The standard InChI is InChI=1S/C20H17N3O2/c21-12-15(13-22)18(11-20(25)23-10-4-9-19(23)24)17-8-3-6-14-5-1-2-7-16(14)17/h1-3,5-8,15,18H,4,9-11H2/t18-/m1/s1. The van der Waals surface area contributed by atoms with Gasteiger partial charge in [0, 0.05) is 25.3 Å². The summed E-state index contributed by atoms with van der Waals surface area (Å²) in [4.78, 5) is 25.7. The Morgan fingerprint density at radius 2 is 1.84 bits per heavy atom. The Hall–Kier alpha value is -3.18. The van der Waals surface area contributed by atoms with E-state index in [1.165, 1.54) is 4.90 Å². The molecule has 2 aromatic rings. The molecule has 3 rings (SSSR count). The highest BCUT2D eigenvalue weighted by Crippen LogP contribution is 2.34. The van der Waals surface area contributed by atoms with Crippen LogP contribution in [0.3, 0.4) is 0 Å². The Morgan fingerprint density at radius 1 is 1.12 bits per heavy atom. The lowest BCUT2D eigenvalue weighted by atomic mass is 9.82. The summed E-state index contributed by atoms with van der Waals surface area (Å²) >= 11 is 0. The van der Waals surface area contributed by atoms with Crippen molar-refractivity contribution in [3.05, 3.63) is 48.0 Å². The molecule has 0 N–H and O–H groups in total. The average molecular weight is 331 g/mol. The van der Waals surface area contributed by atoms with Crippen molar-refractivity contribution in [3.63, 3.8) is 0 Å². The summed E-state index contributed by atoms with van der Waals surface area (Å²) in [6, 6.07) is 17.4. The maximum Gasteiger partial charge on any atom is 0.229 e. The fraction of sp³-hybridized carbons (Fsp3) is 0.300. The highest BCUT2D eigenvalue weighted by atomic mass is 16.2. The lowest BCUT2D eigenvalue weighted by Crippen LogP contribution is -2.33. The number of hydrogen-bond donors (Lipinski definition) is 0. The summed E-state index contributed by atoms with van der Waals surface area (Å²) in [7, 11) is 0. The number of nitriles is 2. The number of amides is 2. The first-order chi connectivity index (χ1) is 12.2. The van der Waals surface area contributed by atoms with E-state index in [1.54, 1.807) is 0 Å². The Labute approximate surface area is 146 Å². The number of imide groups is 1. The molecule has 0 radical (unpaired) electrons. The second-order valence-electron chi connectivity index (χ2n) is 6.16. The lowest BCUT2D eigenvalue weighted by molar-refractivity contribution is -0.142. The van der Waals surface area contributed by atoms with Gasteiger partial charge in [-0.15, -0.1) is 0 Å². The summed E-state index contributed by atoms with van der Waals surface area (Å²) in [5, 5.41) is 20.7. The van der Waals surface area contributed by atoms with Crippen LogP contribution in [0.5, 0.6) is 0 Å². The number of fused-ring (bicyclic) bond motifs is 1. The van der Waals surface area contributed by atoms with Crippen molar-refractivity contribution < 1.29 is 9.59 Å². The van der Waals surface area contributed by atoms with E-state index in [9.17, 15) is 20.1 Å². The number of nitrogens with zero attached hydrogens (tertiary/aromatic N) is 3. The minimum absolute atomic E-state index is 0.0223. The fourth-order valence-corrected chi connectivity index (χ4v) is 3.40. The van der Waals surface area contributed by atoms with E-state index in [0.29, 0.717) is 19.4 Å². The number of carbonyl (C=O) groups excluding carboxylic acids is 2. The molecule has 0 spiro atoms. The van der Waals surface area contributed by atoms with E-state index < -0.39 is 11.8 Å². The molecule has 5 nitrogen and oxygen atoms in total. The number of carbonyl (C=O) groups is 2. The van der Waals surface area contributed by atoms with Crippen LogP contribution in [-0.4, -0.2) is 23.3 Å². The predicted octanol–water partition coefficient (Wildman–Crippen LogP) is 3.13. The Balaban J connectivity index is 2.00. The van der Waals surface area contributed by atoms with E-state index in [0.717, 1.165) is 16.3 Å². The Kier molecular flexibility index (Phi) is 4.77. The molecule has 1 aliphatic rings. The molecule has 25 heavy (non-hydrogen) atoms. The number of rotatable bonds is 4. The van der Waals surface area contributed by atoms with Gasteiger partial charge < -0.3 is 0 Å². The normalized spacial score (nSPS) is 15.2. The van der Waals surface area contributed by atoms with Crippen LogP contribution in [-0.2, 0) is 9.59 Å². The zero-order valence-electron chi connectivity index (χ0n) is 13.7. The smallest absolute Gasteiger partial charge is 0.229 e. The van der Waals surface area contributed by atoms with E-state index in [1.807, 2.05) is 54.6 Å². The van der Waals surface area contributed by atoms with Gasteiger partial charge in [0.1, 0.15) is 5.92 Å². The number of hydrogen-bond acceptors (Lipinski definition) is 4. The maximum absolute atomic E-state index is 12.6. The summed E-state index contributed by atoms with van der Waals surface area (Å²) in [6.07, 6.45) is 1.03. The molecule has 1 heterocycles. The van der Waals surface area contributed by atoms with Gasteiger partial charge in [0.15, 0.2) is 0 Å². The van der Waals surface area contributed by atoms with Gasteiger partial charge in [-0.05, 0) is 22.8 Å². The summed E-state index contributed by atoms with van der Waals surface area (Å²) < 4.78 is 0. The van der Waals surface area contributed by atoms with Gasteiger partial charge in [-0.2, -0.15) is 10.5 Å². The van der Waals surface area contributed by atoms with Crippen molar-refractivity contribution in [1.82, 2.24) is 4.90 Å². The first-order valence-electron chi connectivity index (χ1n) is 8.25. The zero-order chi connectivity index (χ0) is 17.8. The Morgan fingerprint density at radius 3 is 2.52 bits per heavy atom. The van der Waals surface area contributed by atoms with Gasteiger partial charge in [-0.1, -0.05) is 42.5 Å². The van der Waals surface area contributed by atoms with E-state index in [2.05, 4.69) is 0 Å². The van der Waals surface area contributed by atoms with Gasteiger partial charge in [0.2, 0.25) is 11.8 Å². The molecule has 124 valence electrons. The highest BCUT2D eigenvalue weighted by Gasteiger charge is 2.32. The molecule has 0 aromatic heterocycles. The maximum atomic E-state index is 12.6. The van der Waals surface area contributed by atoms with Gasteiger partial charge in [0.25, 0.3) is 0 Å². The SMILES string of the molecule is N#CC(C#N)[C@@H](CC(=O)N1CCCC1=O)c1cccc2ccccc12. The van der Waals surface area contributed by atoms with Crippen LogP contribution in [0.1, 0.15) is 30.7 Å². The lowest BCUT2D eigenvalue weighted by Gasteiger charge is -2.22. The molecule has 0 bridgehead atoms. The third kappa shape index (κ3) is 3.22. The predicted molar refractivity (Wildman–Crippen MR) is 92.0 cm³/mol. The summed E-state index contributed by atoms with van der Waals surface area (Å²) in [5.41, 5.74) is 0.797. The van der Waals surface area contributed by atoms with Crippen molar-refractivity contribution in [1.29, 1.82) is 10.5 Å². The summed E-state index contributed by atoms with van der Waals surface area (Å²) in [6.45, 7) is 0.420. The molecule has 2 aromatic carbocycles. The number of benzene rings is 2. The largest absolute Gasteiger partial charge is 0.283 e. The van der Waals surface area contributed by atoms with Crippen LogP contribution in [0, 0.1) is 28.6 Å². The van der Waals surface area contributed by atoms with Crippen molar-refractivity contribution in [2.75, 3.05) is 6.54 Å². The number of likely N-dealkylation sites (tertiary alicyclic amines) is 1. The van der Waals surface area contributed by atoms with Crippen molar-refractivity contribution >= 4 is 22.6 Å². The van der Waals surface area contributed by atoms with Crippen LogP contribution < -0.4 is 0 Å². The topological polar surface area (TPSA) is 85.0 Å². The van der Waals surface area contributed by atoms with Crippen LogP contribution in [0.15, 0.2) is 42.5 Å². The second-order valence-corrected chi connectivity index (χ2v) is 6.16. The van der Waals surface area contributed by atoms with Crippen LogP contribution in [0.25, 0.3) is 10.8 Å². The van der Waals surface area contributed by atoms with Crippen LogP contribution in [0.4, 0.5) is 0 Å². The minimum atomic E-state index is -0.951. The van der Waals surface area contributed by atoms with Crippen LogP contribution >= 0.6 is 0 Å². The molecule has 1 aliphatic heterocycles. The van der Waals surface area contributed by atoms with E-state index in [-0.39, 0.29) is 18.2 Å². The van der Waals surface area contributed by atoms with Gasteiger partial charge in [-0.25, -0.2) is 0 Å². The molecule has 1 fully saturated rings. The van der Waals surface area contributed by atoms with Crippen molar-refractivity contribution in [3.8, 4) is 12.1 Å². The summed E-state index contributed by atoms with van der Waals surface area (Å²) in [5.74, 6) is -2.00. The average Bonchev–Trinajstić information content (AvgIpc) is 3.07. The molecular weight excluding hydrogens is 314 g/mol. The first kappa shape index (κ1) is 16.7. The molecular formula is C20H17N3O2. The van der Waals surface area contributed by atoms with Crippen molar-refractivity contribution in [2.24, 2.45) is 5.92 Å². The monoisotopic (exact) mass is 331 g/mol.